The van der Waals surface area contributed by atoms with Gasteiger partial charge in [-0.2, -0.15) is 4.80 Å². The summed E-state index contributed by atoms with van der Waals surface area (Å²) in [7, 11) is 0. The van der Waals surface area contributed by atoms with E-state index in [4.69, 9.17) is 4.74 Å². The lowest BCUT2D eigenvalue weighted by Crippen LogP contribution is -2.31. The number of carbonyl (C=O) groups is 1. The summed E-state index contributed by atoms with van der Waals surface area (Å²) in [6, 6.07) is 15.9. The van der Waals surface area contributed by atoms with Gasteiger partial charge < -0.3 is 10.1 Å². The molecule has 7 heteroatoms. The first-order valence-corrected chi connectivity index (χ1v) is 10.0. The molecule has 1 amide bonds. The van der Waals surface area contributed by atoms with Crippen LogP contribution in [0.5, 0.6) is 5.75 Å². The SMILES string of the molecule is C[C@@H](NC(=O)Cn1nnc(COc2ccccc2)n1)c1ccc2c(c1)CCCC2. The average Bonchev–Trinajstić information content (AvgIpc) is 3.19. The molecule has 7 nitrogen and oxygen atoms in total. The van der Waals surface area contributed by atoms with Crippen LogP contribution >= 0.6 is 0 Å². The molecule has 4 rings (SSSR count). The van der Waals surface area contributed by atoms with Crippen LogP contribution in [0.15, 0.2) is 48.5 Å². The van der Waals surface area contributed by atoms with Gasteiger partial charge in [-0.25, -0.2) is 0 Å². The number of fused-ring (bicyclic) bond motifs is 1. The van der Waals surface area contributed by atoms with Crippen LogP contribution in [0.1, 0.15) is 48.3 Å². The zero-order valence-corrected chi connectivity index (χ0v) is 16.5. The molecule has 150 valence electrons. The van der Waals surface area contributed by atoms with E-state index in [0.29, 0.717) is 5.82 Å². The van der Waals surface area contributed by atoms with E-state index in [-0.39, 0.29) is 25.1 Å². The fraction of sp³-hybridized carbons (Fsp3) is 0.364. The van der Waals surface area contributed by atoms with Crippen molar-refractivity contribution in [2.45, 2.75) is 51.8 Å². The molecule has 1 heterocycles. The van der Waals surface area contributed by atoms with Crippen molar-refractivity contribution in [3.8, 4) is 5.75 Å². The number of para-hydroxylation sites is 1. The Bertz CT molecular complexity index is 970. The zero-order valence-electron chi connectivity index (χ0n) is 16.5. The summed E-state index contributed by atoms with van der Waals surface area (Å²) >= 11 is 0. The first kappa shape index (κ1) is 19.1. The lowest BCUT2D eigenvalue weighted by atomic mass is 9.89. The Morgan fingerprint density at radius 1 is 1.14 bits per heavy atom. The number of rotatable bonds is 7. The van der Waals surface area contributed by atoms with Crippen LogP contribution in [0.4, 0.5) is 0 Å². The maximum atomic E-state index is 12.4. The maximum absolute atomic E-state index is 12.4. The topological polar surface area (TPSA) is 81.9 Å². The summed E-state index contributed by atoms with van der Waals surface area (Å²) in [5, 5.41) is 15.1. The van der Waals surface area contributed by atoms with Gasteiger partial charge >= 0.3 is 0 Å². The number of tetrazole rings is 1. The van der Waals surface area contributed by atoms with Gasteiger partial charge in [0, 0.05) is 0 Å². The molecule has 2 aromatic carbocycles. The quantitative estimate of drug-likeness (QED) is 0.670. The van der Waals surface area contributed by atoms with Crippen LogP contribution in [0.2, 0.25) is 0 Å². The van der Waals surface area contributed by atoms with Gasteiger partial charge in [0.2, 0.25) is 11.7 Å². The van der Waals surface area contributed by atoms with Crippen molar-refractivity contribution in [3.05, 3.63) is 71.0 Å². The second-order valence-electron chi connectivity index (χ2n) is 7.36. The first-order chi connectivity index (χ1) is 14.2. The van der Waals surface area contributed by atoms with Gasteiger partial charge in [0.25, 0.3) is 0 Å². The van der Waals surface area contributed by atoms with Crippen LogP contribution in [-0.4, -0.2) is 26.1 Å². The van der Waals surface area contributed by atoms with Crippen LogP contribution < -0.4 is 10.1 Å². The van der Waals surface area contributed by atoms with E-state index in [1.54, 1.807) is 0 Å². The standard InChI is InChI=1S/C22H25N5O2/c1-16(18-12-11-17-7-5-6-8-19(17)13-18)23-22(28)14-27-25-21(24-26-27)15-29-20-9-3-2-4-10-20/h2-4,9-13,16H,5-8,14-15H2,1H3,(H,23,28)/t16-/m1/s1. The molecule has 1 N–H and O–H groups in total. The summed E-state index contributed by atoms with van der Waals surface area (Å²) in [6.45, 7) is 2.22. The molecule has 0 fully saturated rings. The van der Waals surface area contributed by atoms with Crippen LogP contribution in [0.25, 0.3) is 0 Å². The second kappa shape index (κ2) is 8.86. The van der Waals surface area contributed by atoms with Gasteiger partial charge in [-0.1, -0.05) is 36.4 Å². The second-order valence-corrected chi connectivity index (χ2v) is 7.36. The smallest absolute Gasteiger partial charge is 0.244 e. The minimum absolute atomic E-state index is 0.0214. The molecule has 29 heavy (non-hydrogen) atoms. The Morgan fingerprint density at radius 3 is 2.76 bits per heavy atom. The lowest BCUT2D eigenvalue weighted by molar-refractivity contribution is -0.122. The Labute approximate surface area is 170 Å². The van der Waals surface area contributed by atoms with Crippen LogP contribution in [0, 0.1) is 0 Å². The molecule has 0 bridgehead atoms. The Balaban J connectivity index is 1.30. The van der Waals surface area contributed by atoms with Gasteiger partial charge in [-0.05, 0) is 66.6 Å². The predicted molar refractivity (Wildman–Crippen MR) is 108 cm³/mol. The molecule has 1 atom stereocenters. The predicted octanol–water partition coefficient (Wildman–Crippen LogP) is 3.01. The number of nitrogens with one attached hydrogen (secondary N) is 1. The monoisotopic (exact) mass is 391 g/mol. The summed E-state index contributed by atoms with van der Waals surface area (Å²) in [4.78, 5) is 13.7. The number of carbonyl (C=O) groups excluding carboxylic acids is 1. The molecule has 0 aliphatic heterocycles. The number of nitrogens with zero attached hydrogens (tertiary/aromatic N) is 4. The van der Waals surface area contributed by atoms with Crippen LogP contribution in [0.3, 0.4) is 0 Å². The molecule has 0 radical (unpaired) electrons. The zero-order chi connectivity index (χ0) is 20.1. The van der Waals surface area contributed by atoms with E-state index in [0.717, 1.165) is 24.2 Å². The third-order valence-corrected chi connectivity index (χ3v) is 5.14. The van der Waals surface area contributed by atoms with E-state index in [2.05, 4.69) is 38.9 Å². The van der Waals surface area contributed by atoms with Crippen molar-refractivity contribution in [1.82, 2.24) is 25.5 Å². The van der Waals surface area contributed by atoms with E-state index in [1.807, 2.05) is 37.3 Å². The molecule has 0 spiro atoms. The summed E-state index contributed by atoms with van der Waals surface area (Å²) in [5.41, 5.74) is 3.98. The number of hydrogen-bond donors (Lipinski definition) is 1. The van der Waals surface area contributed by atoms with Gasteiger partial charge in [-0.15, -0.1) is 10.2 Å². The number of hydrogen-bond acceptors (Lipinski definition) is 5. The lowest BCUT2D eigenvalue weighted by Gasteiger charge is -2.20. The molecule has 1 aliphatic carbocycles. The average molecular weight is 391 g/mol. The summed E-state index contributed by atoms with van der Waals surface area (Å²) in [5.74, 6) is 1.02. The van der Waals surface area contributed by atoms with E-state index < -0.39 is 0 Å². The van der Waals surface area contributed by atoms with Crippen molar-refractivity contribution < 1.29 is 9.53 Å². The highest BCUT2D eigenvalue weighted by Gasteiger charge is 2.15. The largest absolute Gasteiger partial charge is 0.485 e. The summed E-state index contributed by atoms with van der Waals surface area (Å²) < 4.78 is 5.60. The molecule has 0 saturated heterocycles. The van der Waals surface area contributed by atoms with Crippen molar-refractivity contribution in [3.63, 3.8) is 0 Å². The van der Waals surface area contributed by atoms with Crippen molar-refractivity contribution in [2.75, 3.05) is 0 Å². The minimum atomic E-state index is -0.150. The minimum Gasteiger partial charge on any atom is -0.485 e. The van der Waals surface area contributed by atoms with E-state index in [9.17, 15) is 4.79 Å². The highest BCUT2D eigenvalue weighted by molar-refractivity contribution is 5.76. The highest BCUT2D eigenvalue weighted by atomic mass is 16.5. The Hall–Kier alpha value is -3.22. The van der Waals surface area contributed by atoms with Crippen molar-refractivity contribution in [2.24, 2.45) is 0 Å². The van der Waals surface area contributed by atoms with Crippen molar-refractivity contribution in [1.29, 1.82) is 0 Å². The normalized spacial score (nSPS) is 14.1. The molecule has 3 aromatic rings. The molecular formula is C22H25N5O2. The molecule has 1 aromatic heterocycles. The number of ether oxygens (including phenoxy) is 1. The van der Waals surface area contributed by atoms with E-state index >= 15 is 0 Å². The van der Waals surface area contributed by atoms with Gasteiger partial charge in [0.05, 0.1) is 6.04 Å². The fourth-order valence-electron chi connectivity index (χ4n) is 3.59. The number of aryl methyl sites for hydroxylation is 2. The fourth-order valence-corrected chi connectivity index (χ4v) is 3.59. The van der Waals surface area contributed by atoms with Gasteiger partial charge in [0.15, 0.2) is 6.61 Å². The van der Waals surface area contributed by atoms with Crippen molar-refractivity contribution >= 4 is 5.91 Å². The number of aromatic nitrogens is 4. The van der Waals surface area contributed by atoms with Gasteiger partial charge in [0.1, 0.15) is 12.3 Å². The van der Waals surface area contributed by atoms with Crippen LogP contribution in [-0.2, 0) is 30.8 Å². The number of amides is 1. The Morgan fingerprint density at radius 2 is 1.93 bits per heavy atom. The molecular weight excluding hydrogens is 366 g/mol. The summed E-state index contributed by atoms with van der Waals surface area (Å²) in [6.07, 6.45) is 4.79. The third kappa shape index (κ3) is 4.99. The molecule has 0 saturated carbocycles. The first-order valence-electron chi connectivity index (χ1n) is 10.0. The molecule has 1 aliphatic rings. The Kier molecular flexibility index (Phi) is 5.84. The van der Waals surface area contributed by atoms with Gasteiger partial charge in [-0.3, -0.25) is 4.79 Å². The van der Waals surface area contributed by atoms with E-state index in [1.165, 1.54) is 28.8 Å². The third-order valence-electron chi connectivity index (χ3n) is 5.14. The maximum Gasteiger partial charge on any atom is 0.244 e. The molecule has 0 unspecified atom stereocenters. The number of benzene rings is 2. The highest BCUT2D eigenvalue weighted by Crippen LogP contribution is 2.24.